The number of rotatable bonds is 5. The molecular formula is C25H23N3O2. The fraction of sp³-hybridized carbons (Fsp3) is 0.120. The molecule has 0 atom stereocenters. The molecule has 0 radical (unpaired) electrons. The molecule has 2 N–H and O–H groups in total. The molecule has 0 aliphatic carbocycles. The van der Waals surface area contributed by atoms with Crippen molar-refractivity contribution < 1.29 is 9.90 Å². The maximum absolute atomic E-state index is 12.7. The summed E-state index contributed by atoms with van der Waals surface area (Å²) in [6.07, 6.45) is 0.235. The largest absolute Gasteiger partial charge is 0.508 e. The molecule has 0 unspecified atom stereocenters. The SMILES string of the molecule is CC(=NNC(=O)Cc1c(C)n(-c2ccccc2)c2ccccc12)c1ccc(O)cc1. The number of hydrogen-bond acceptors (Lipinski definition) is 3. The molecule has 0 fully saturated rings. The summed E-state index contributed by atoms with van der Waals surface area (Å²) in [4.78, 5) is 12.7. The lowest BCUT2D eigenvalue weighted by atomic mass is 10.1. The van der Waals surface area contributed by atoms with Gasteiger partial charge >= 0.3 is 0 Å². The van der Waals surface area contributed by atoms with Gasteiger partial charge in [-0.2, -0.15) is 5.10 Å². The number of aromatic hydroxyl groups is 1. The van der Waals surface area contributed by atoms with Gasteiger partial charge in [0, 0.05) is 16.8 Å². The predicted octanol–water partition coefficient (Wildman–Crippen LogP) is 4.73. The minimum absolute atomic E-state index is 0.174. The van der Waals surface area contributed by atoms with Gasteiger partial charge in [-0.3, -0.25) is 4.79 Å². The zero-order chi connectivity index (χ0) is 21.1. The fourth-order valence-electron chi connectivity index (χ4n) is 3.68. The smallest absolute Gasteiger partial charge is 0.244 e. The van der Waals surface area contributed by atoms with Crippen LogP contribution in [0.1, 0.15) is 23.7 Å². The zero-order valence-electron chi connectivity index (χ0n) is 17.0. The summed E-state index contributed by atoms with van der Waals surface area (Å²) < 4.78 is 2.18. The van der Waals surface area contributed by atoms with Crippen molar-refractivity contribution in [3.63, 3.8) is 0 Å². The number of fused-ring (bicyclic) bond motifs is 1. The van der Waals surface area contributed by atoms with Gasteiger partial charge in [0.15, 0.2) is 0 Å². The van der Waals surface area contributed by atoms with Gasteiger partial charge in [-0.25, -0.2) is 5.43 Å². The molecule has 0 saturated heterocycles. The van der Waals surface area contributed by atoms with Crippen molar-refractivity contribution in [3.8, 4) is 11.4 Å². The molecule has 30 heavy (non-hydrogen) atoms. The number of phenols is 1. The van der Waals surface area contributed by atoms with Crippen molar-refractivity contribution in [2.75, 3.05) is 0 Å². The van der Waals surface area contributed by atoms with Gasteiger partial charge in [-0.1, -0.05) is 36.4 Å². The van der Waals surface area contributed by atoms with Crippen LogP contribution in [0, 0.1) is 6.92 Å². The van der Waals surface area contributed by atoms with E-state index in [9.17, 15) is 9.90 Å². The normalized spacial score (nSPS) is 11.6. The van der Waals surface area contributed by atoms with Crippen LogP contribution in [0.5, 0.6) is 5.75 Å². The third-order valence-electron chi connectivity index (χ3n) is 5.23. The maximum Gasteiger partial charge on any atom is 0.244 e. The summed E-state index contributed by atoms with van der Waals surface area (Å²) in [5.74, 6) is 0.0214. The number of aromatic nitrogens is 1. The maximum atomic E-state index is 12.7. The minimum Gasteiger partial charge on any atom is -0.508 e. The molecule has 0 aliphatic rings. The second kappa shape index (κ2) is 8.25. The number of hydrogen-bond donors (Lipinski definition) is 2. The standard InChI is InChI=1S/C25H23N3O2/c1-17(19-12-14-21(29)15-13-19)26-27-25(30)16-23-18(2)28(20-8-4-3-5-9-20)24-11-7-6-10-22(23)24/h3-15,29H,16H2,1-2H3,(H,27,30). The second-order valence-electron chi connectivity index (χ2n) is 7.21. The van der Waals surface area contributed by atoms with Crippen molar-refractivity contribution in [2.24, 2.45) is 5.10 Å². The van der Waals surface area contributed by atoms with Crippen molar-refractivity contribution >= 4 is 22.5 Å². The van der Waals surface area contributed by atoms with Crippen LogP contribution >= 0.6 is 0 Å². The lowest BCUT2D eigenvalue weighted by molar-refractivity contribution is -0.120. The van der Waals surface area contributed by atoms with Crippen LogP contribution in [0.15, 0.2) is 84.0 Å². The highest BCUT2D eigenvalue weighted by molar-refractivity contribution is 5.99. The quantitative estimate of drug-likeness (QED) is 0.378. The number of nitrogens with zero attached hydrogens (tertiary/aromatic N) is 2. The minimum atomic E-state index is -0.174. The number of benzene rings is 3. The summed E-state index contributed by atoms with van der Waals surface area (Å²) in [5, 5.41) is 14.7. The van der Waals surface area contributed by atoms with E-state index in [2.05, 4.69) is 39.4 Å². The van der Waals surface area contributed by atoms with Crippen LogP contribution in [0.4, 0.5) is 0 Å². The van der Waals surface area contributed by atoms with Crippen molar-refractivity contribution in [1.82, 2.24) is 9.99 Å². The number of nitrogens with one attached hydrogen (secondary N) is 1. The van der Waals surface area contributed by atoms with Gasteiger partial charge in [0.25, 0.3) is 0 Å². The highest BCUT2D eigenvalue weighted by Gasteiger charge is 2.17. The molecule has 3 aromatic carbocycles. The Morgan fingerprint density at radius 1 is 0.967 bits per heavy atom. The molecule has 1 aromatic heterocycles. The van der Waals surface area contributed by atoms with Crippen LogP contribution in [-0.4, -0.2) is 21.3 Å². The Kier molecular flexibility index (Phi) is 5.35. The van der Waals surface area contributed by atoms with E-state index in [0.29, 0.717) is 5.71 Å². The molecule has 4 rings (SSSR count). The summed E-state index contributed by atoms with van der Waals surface area (Å²) in [6.45, 7) is 3.86. The molecule has 1 heterocycles. The van der Waals surface area contributed by atoms with Gasteiger partial charge < -0.3 is 9.67 Å². The first-order valence-electron chi connectivity index (χ1n) is 9.81. The number of carbonyl (C=O) groups is 1. The number of hydrazone groups is 1. The molecular weight excluding hydrogens is 374 g/mol. The number of phenolic OH excluding ortho intramolecular Hbond substituents is 1. The summed E-state index contributed by atoms with van der Waals surface area (Å²) in [5.41, 5.74) is 8.35. The summed E-state index contributed by atoms with van der Waals surface area (Å²) in [6, 6.07) is 25.0. The van der Waals surface area contributed by atoms with E-state index in [1.807, 2.05) is 44.2 Å². The lowest BCUT2D eigenvalue weighted by Gasteiger charge is -2.08. The monoisotopic (exact) mass is 397 g/mol. The van der Waals surface area contributed by atoms with E-state index in [-0.39, 0.29) is 18.1 Å². The van der Waals surface area contributed by atoms with Crippen LogP contribution in [0.2, 0.25) is 0 Å². The Labute approximate surface area is 175 Å². The van der Waals surface area contributed by atoms with Crippen molar-refractivity contribution in [1.29, 1.82) is 0 Å². The number of carbonyl (C=O) groups excluding carboxylic acids is 1. The van der Waals surface area contributed by atoms with Gasteiger partial charge in [0.1, 0.15) is 5.75 Å². The molecule has 0 saturated carbocycles. The number of amides is 1. The van der Waals surface area contributed by atoms with E-state index in [1.165, 1.54) is 0 Å². The third kappa shape index (κ3) is 3.82. The van der Waals surface area contributed by atoms with Crippen molar-refractivity contribution in [3.05, 3.63) is 95.7 Å². The highest BCUT2D eigenvalue weighted by atomic mass is 16.3. The first-order chi connectivity index (χ1) is 14.5. The third-order valence-corrected chi connectivity index (χ3v) is 5.23. The molecule has 5 heteroatoms. The lowest BCUT2D eigenvalue weighted by Crippen LogP contribution is -2.21. The van der Waals surface area contributed by atoms with E-state index in [0.717, 1.165) is 33.4 Å². The summed E-state index contributed by atoms with van der Waals surface area (Å²) in [7, 11) is 0. The Morgan fingerprint density at radius 2 is 1.63 bits per heavy atom. The van der Waals surface area contributed by atoms with E-state index < -0.39 is 0 Å². The van der Waals surface area contributed by atoms with Gasteiger partial charge in [0.2, 0.25) is 5.91 Å². The van der Waals surface area contributed by atoms with E-state index in [4.69, 9.17) is 0 Å². The van der Waals surface area contributed by atoms with Crippen LogP contribution in [0.25, 0.3) is 16.6 Å². The zero-order valence-corrected chi connectivity index (χ0v) is 17.0. The molecule has 0 bridgehead atoms. The highest BCUT2D eigenvalue weighted by Crippen LogP contribution is 2.29. The molecule has 5 nitrogen and oxygen atoms in total. The predicted molar refractivity (Wildman–Crippen MR) is 120 cm³/mol. The topological polar surface area (TPSA) is 66.6 Å². The Balaban J connectivity index is 1.61. The van der Waals surface area contributed by atoms with Gasteiger partial charge in [-0.05, 0) is 67.4 Å². The Bertz CT molecular complexity index is 1220. The van der Waals surface area contributed by atoms with Crippen LogP contribution < -0.4 is 5.43 Å². The van der Waals surface area contributed by atoms with E-state index >= 15 is 0 Å². The average Bonchev–Trinajstić information content (AvgIpc) is 3.04. The van der Waals surface area contributed by atoms with Gasteiger partial charge in [-0.15, -0.1) is 0 Å². The van der Waals surface area contributed by atoms with Crippen molar-refractivity contribution in [2.45, 2.75) is 20.3 Å². The fourth-order valence-corrected chi connectivity index (χ4v) is 3.68. The second-order valence-corrected chi connectivity index (χ2v) is 7.21. The molecule has 0 aliphatic heterocycles. The molecule has 1 amide bonds. The molecule has 0 spiro atoms. The first kappa shape index (κ1) is 19.5. The first-order valence-corrected chi connectivity index (χ1v) is 9.81. The average molecular weight is 397 g/mol. The van der Waals surface area contributed by atoms with E-state index in [1.54, 1.807) is 24.3 Å². The molecule has 4 aromatic rings. The summed E-state index contributed by atoms with van der Waals surface area (Å²) >= 11 is 0. The molecule has 150 valence electrons. The number of para-hydroxylation sites is 2. The van der Waals surface area contributed by atoms with Gasteiger partial charge in [0.05, 0.1) is 17.6 Å². The van der Waals surface area contributed by atoms with Crippen LogP contribution in [-0.2, 0) is 11.2 Å². The van der Waals surface area contributed by atoms with Crippen LogP contribution in [0.3, 0.4) is 0 Å². The Morgan fingerprint density at radius 3 is 2.37 bits per heavy atom. The Hall–Kier alpha value is -3.86.